The molecular weight excluding hydrogens is 368 g/mol. The molecule has 2 rings (SSSR count). The van der Waals surface area contributed by atoms with Crippen LogP contribution < -0.4 is 5.32 Å². The molecule has 1 N–H and O–H groups in total. The molecular formula is C16H11F6NOS. The lowest BCUT2D eigenvalue weighted by Crippen LogP contribution is -2.18. The highest BCUT2D eigenvalue weighted by Crippen LogP contribution is 2.38. The van der Waals surface area contributed by atoms with Gasteiger partial charge in [-0.25, -0.2) is 0 Å². The number of thioether (sulfide) groups is 1. The van der Waals surface area contributed by atoms with Gasteiger partial charge in [0.15, 0.2) is 0 Å². The molecule has 1 amide bonds. The highest BCUT2D eigenvalue weighted by atomic mass is 32.2. The first-order valence-corrected chi connectivity index (χ1v) is 7.66. The number of hydrogen-bond donors (Lipinski definition) is 1. The fraction of sp³-hybridized carbons (Fsp3) is 0.188. The van der Waals surface area contributed by atoms with Crippen molar-refractivity contribution in [3.05, 3.63) is 65.2 Å². The zero-order valence-electron chi connectivity index (χ0n) is 12.4. The third-order valence-corrected chi connectivity index (χ3v) is 3.85. The van der Waals surface area contributed by atoms with Gasteiger partial charge >= 0.3 is 12.4 Å². The van der Waals surface area contributed by atoms with Gasteiger partial charge in [0.1, 0.15) is 0 Å². The lowest BCUT2D eigenvalue weighted by atomic mass is 10.1. The van der Waals surface area contributed by atoms with Gasteiger partial charge in [0.25, 0.3) is 5.24 Å². The van der Waals surface area contributed by atoms with Crippen molar-refractivity contribution in [3.8, 4) is 0 Å². The average molecular weight is 379 g/mol. The van der Waals surface area contributed by atoms with Crippen LogP contribution in [0.25, 0.3) is 0 Å². The van der Waals surface area contributed by atoms with Crippen molar-refractivity contribution < 1.29 is 31.1 Å². The van der Waals surface area contributed by atoms with E-state index in [2.05, 4.69) is 5.32 Å². The van der Waals surface area contributed by atoms with Gasteiger partial charge in [0.2, 0.25) is 0 Å². The number of carbonyl (C=O) groups is 1. The number of nitrogens with one attached hydrogen (secondary N) is 1. The molecule has 2 aromatic rings. The highest BCUT2D eigenvalue weighted by molar-refractivity contribution is 8.13. The summed E-state index contributed by atoms with van der Waals surface area (Å²) in [6.45, 7) is 0.109. The molecule has 0 saturated heterocycles. The highest BCUT2D eigenvalue weighted by Gasteiger charge is 2.37. The van der Waals surface area contributed by atoms with Crippen LogP contribution in [0.3, 0.4) is 0 Å². The van der Waals surface area contributed by atoms with Gasteiger partial charge in [-0.2, -0.15) is 26.3 Å². The molecule has 0 aliphatic carbocycles. The van der Waals surface area contributed by atoms with Crippen molar-refractivity contribution in [2.75, 3.05) is 0 Å². The Kier molecular flexibility index (Phi) is 5.66. The Morgan fingerprint density at radius 2 is 1.40 bits per heavy atom. The van der Waals surface area contributed by atoms with E-state index in [-0.39, 0.29) is 24.4 Å². The molecule has 0 atom stereocenters. The summed E-state index contributed by atoms with van der Waals surface area (Å²) < 4.78 is 76.6. The zero-order valence-corrected chi connectivity index (χ0v) is 13.2. The fourth-order valence-corrected chi connectivity index (χ4v) is 2.63. The number of carbonyl (C=O) groups excluding carboxylic acids is 1. The molecule has 0 saturated carbocycles. The third-order valence-electron chi connectivity index (χ3n) is 3.05. The Labute approximate surface area is 143 Å². The van der Waals surface area contributed by atoms with Crippen LogP contribution in [0.15, 0.2) is 53.4 Å². The second-order valence-electron chi connectivity index (χ2n) is 4.97. The minimum Gasteiger partial charge on any atom is -0.343 e. The molecule has 9 heteroatoms. The first-order chi connectivity index (χ1) is 11.6. The summed E-state index contributed by atoms with van der Waals surface area (Å²) in [6, 6.07) is 9.72. The van der Waals surface area contributed by atoms with Gasteiger partial charge < -0.3 is 5.32 Å². The van der Waals surface area contributed by atoms with Gasteiger partial charge in [-0.3, -0.25) is 4.79 Å². The summed E-state index contributed by atoms with van der Waals surface area (Å²) in [7, 11) is 0. The van der Waals surface area contributed by atoms with E-state index in [1.54, 1.807) is 30.3 Å². The van der Waals surface area contributed by atoms with Crippen LogP contribution in [0.2, 0.25) is 0 Å². The molecule has 2 nitrogen and oxygen atoms in total. The van der Waals surface area contributed by atoms with Crippen LogP contribution >= 0.6 is 11.8 Å². The van der Waals surface area contributed by atoms with Crippen LogP contribution in [0, 0.1) is 0 Å². The predicted molar refractivity (Wildman–Crippen MR) is 81.0 cm³/mol. The second kappa shape index (κ2) is 7.38. The predicted octanol–water partition coefficient (Wildman–Crippen LogP) is 5.73. The van der Waals surface area contributed by atoms with Crippen LogP contribution in [-0.2, 0) is 18.9 Å². The van der Waals surface area contributed by atoms with E-state index in [4.69, 9.17) is 0 Å². The Balaban J connectivity index is 2.16. The normalized spacial score (nSPS) is 12.1. The first-order valence-electron chi connectivity index (χ1n) is 6.85. The quantitative estimate of drug-likeness (QED) is 0.545. The number of benzene rings is 2. The summed E-state index contributed by atoms with van der Waals surface area (Å²) in [5, 5.41) is 1.67. The minimum atomic E-state index is -4.95. The zero-order chi connectivity index (χ0) is 18.7. The number of halogens is 6. The van der Waals surface area contributed by atoms with Crippen molar-refractivity contribution in [1.82, 2.24) is 5.32 Å². The van der Waals surface area contributed by atoms with Crippen molar-refractivity contribution in [2.24, 2.45) is 0 Å². The molecule has 0 aromatic heterocycles. The molecule has 0 unspecified atom stereocenters. The van der Waals surface area contributed by atoms with Crippen LogP contribution in [0.4, 0.5) is 31.1 Å². The van der Waals surface area contributed by atoms with E-state index in [0.717, 1.165) is 5.56 Å². The first kappa shape index (κ1) is 19.2. The number of hydrogen-bond acceptors (Lipinski definition) is 2. The Morgan fingerprint density at radius 1 is 0.880 bits per heavy atom. The van der Waals surface area contributed by atoms with Crippen molar-refractivity contribution >= 4 is 17.0 Å². The summed E-state index contributed by atoms with van der Waals surface area (Å²) in [5.41, 5.74) is -2.17. The monoisotopic (exact) mass is 379 g/mol. The summed E-state index contributed by atoms with van der Waals surface area (Å²) >= 11 is 0.273. The molecule has 0 radical (unpaired) electrons. The number of amides is 1. The van der Waals surface area contributed by atoms with Crippen LogP contribution in [-0.4, -0.2) is 5.24 Å². The molecule has 0 aliphatic heterocycles. The molecule has 2 aromatic carbocycles. The molecule has 25 heavy (non-hydrogen) atoms. The maximum Gasteiger partial charge on any atom is 0.416 e. The fourth-order valence-electron chi connectivity index (χ4n) is 1.90. The lowest BCUT2D eigenvalue weighted by molar-refractivity contribution is -0.143. The molecule has 0 aliphatic rings. The number of rotatable bonds is 3. The maximum absolute atomic E-state index is 12.8. The smallest absolute Gasteiger partial charge is 0.343 e. The molecule has 0 heterocycles. The summed E-state index contributed by atoms with van der Waals surface area (Å²) in [4.78, 5) is 11.4. The van der Waals surface area contributed by atoms with Crippen molar-refractivity contribution in [1.29, 1.82) is 0 Å². The van der Waals surface area contributed by atoms with E-state index in [0.29, 0.717) is 12.1 Å². The summed E-state index contributed by atoms with van der Waals surface area (Å²) in [6.07, 6.45) is -9.89. The molecule has 0 spiro atoms. The van der Waals surface area contributed by atoms with E-state index in [1.807, 2.05) is 0 Å². The van der Waals surface area contributed by atoms with E-state index < -0.39 is 33.6 Å². The SMILES string of the molecule is O=C(NCc1ccccc1)Sc1cc(C(F)(F)F)cc(C(F)(F)F)c1. The van der Waals surface area contributed by atoms with Gasteiger partial charge in [-0.1, -0.05) is 30.3 Å². The largest absolute Gasteiger partial charge is 0.416 e. The lowest BCUT2D eigenvalue weighted by Gasteiger charge is -2.13. The van der Waals surface area contributed by atoms with Crippen molar-refractivity contribution in [3.63, 3.8) is 0 Å². The van der Waals surface area contributed by atoms with E-state index >= 15 is 0 Å². The third kappa shape index (κ3) is 5.70. The van der Waals surface area contributed by atoms with Gasteiger partial charge in [0.05, 0.1) is 11.1 Å². The molecule has 0 bridgehead atoms. The minimum absolute atomic E-state index is 0.0198. The molecule has 134 valence electrons. The van der Waals surface area contributed by atoms with E-state index in [9.17, 15) is 31.1 Å². The van der Waals surface area contributed by atoms with Crippen LogP contribution in [0.5, 0.6) is 0 Å². The maximum atomic E-state index is 12.8. The second-order valence-corrected chi connectivity index (χ2v) is 6.02. The summed E-state index contributed by atoms with van der Waals surface area (Å²) in [5.74, 6) is 0. The van der Waals surface area contributed by atoms with Gasteiger partial charge in [-0.05, 0) is 35.5 Å². The number of alkyl halides is 6. The topological polar surface area (TPSA) is 29.1 Å². The van der Waals surface area contributed by atoms with E-state index in [1.165, 1.54) is 0 Å². The average Bonchev–Trinajstić information content (AvgIpc) is 2.52. The van der Waals surface area contributed by atoms with Gasteiger partial charge in [0, 0.05) is 11.4 Å². The standard InChI is InChI=1S/C16H11F6NOS/c17-15(18,19)11-6-12(16(20,21)22)8-13(7-11)25-14(24)23-9-10-4-2-1-3-5-10/h1-8H,9H2,(H,23,24). The van der Waals surface area contributed by atoms with Gasteiger partial charge in [-0.15, -0.1) is 0 Å². The van der Waals surface area contributed by atoms with Crippen LogP contribution in [0.1, 0.15) is 16.7 Å². The molecule has 0 fully saturated rings. The Morgan fingerprint density at radius 3 is 1.88 bits per heavy atom. The Hall–Kier alpha value is -2.16. The Bertz CT molecular complexity index is 710. The van der Waals surface area contributed by atoms with Crippen molar-refractivity contribution in [2.45, 2.75) is 23.8 Å².